The van der Waals surface area contributed by atoms with Crippen molar-refractivity contribution in [2.24, 2.45) is 0 Å². The predicted molar refractivity (Wildman–Crippen MR) is 84.2 cm³/mol. The highest BCUT2D eigenvalue weighted by Crippen LogP contribution is 2.23. The third-order valence-corrected chi connectivity index (χ3v) is 3.48. The molecule has 0 atom stereocenters. The number of hydrogen-bond acceptors (Lipinski definition) is 1. The van der Waals surface area contributed by atoms with Crippen LogP contribution in [-0.4, -0.2) is 6.54 Å². The average molecular weight is 274 g/mol. The van der Waals surface area contributed by atoms with E-state index in [1.165, 1.54) is 16.8 Å². The third-order valence-electron chi connectivity index (χ3n) is 3.23. The van der Waals surface area contributed by atoms with Crippen LogP contribution in [0.2, 0.25) is 5.02 Å². The van der Waals surface area contributed by atoms with Gasteiger partial charge in [-0.05, 0) is 41.7 Å². The van der Waals surface area contributed by atoms with Crippen LogP contribution in [0.4, 0.5) is 5.69 Å². The Kier molecular flexibility index (Phi) is 4.86. The van der Waals surface area contributed by atoms with Crippen molar-refractivity contribution in [2.75, 3.05) is 11.9 Å². The highest BCUT2D eigenvalue weighted by atomic mass is 35.5. The molecular formula is C17H20ClN. The zero-order valence-electron chi connectivity index (χ0n) is 11.5. The lowest BCUT2D eigenvalue weighted by atomic mass is 10.0. The normalized spacial score (nSPS) is 10.7. The first-order valence-corrected chi connectivity index (χ1v) is 7.12. The van der Waals surface area contributed by atoms with E-state index in [1.807, 2.05) is 12.1 Å². The lowest BCUT2D eigenvalue weighted by Crippen LogP contribution is -2.07. The lowest BCUT2D eigenvalue weighted by Gasteiger charge is -2.14. The van der Waals surface area contributed by atoms with Crippen LogP contribution in [0.15, 0.2) is 48.5 Å². The molecule has 2 aromatic carbocycles. The molecule has 1 nitrogen and oxygen atoms in total. The number of benzene rings is 2. The monoisotopic (exact) mass is 273 g/mol. The first-order valence-electron chi connectivity index (χ1n) is 6.74. The van der Waals surface area contributed by atoms with Gasteiger partial charge in [-0.3, -0.25) is 0 Å². The Labute approximate surface area is 120 Å². The second kappa shape index (κ2) is 6.63. The standard InChI is InChI=1S/C17H20ClN/c1-13(2)16-5-3-4-6-17(16)19-12-11-14-7-9-15(18)10-8-14/h3-10,13,19H,11-12H2,1-2H3. The Morgan fingerprint density at radius 1 is 1.00 bits per heavy atom. The predicted octanol–water partition coefficient (Wildman–Crippen LogP) is 5.12. The minimum atomic E-state index is 0.541. The van der Waals surface area contributed by atoms with Crippen LogP contribution >= 0.6 is 11.6 Å². The van der Waals surface area contributed by atoms with Crippen LogP contribution in [0, 0.1) is 0 Å². The van der Waals surface area contributed by atoms with E-state index in [-0.39, 0.29) is 0 Å². The van der Waals surface area contributed by atoms with E-state index >= 15 is 0 Å². The summed E-state index contributed by atoms with van der Waals surface area (Å²) in [5.74, 6) is 0.541. The lowest BCUT2D eigenvalue weighted by molar-refractivity contribution is 0.864. The molecule has 0 aromatic heterocycles. The van der Waals surface area contributed by atoms with E-state index in [2.05, 4.69) is 55.6 Å². The van der Waals surface area contributed by atoms with Crippen LogP contribution in [0.3, 0.4) is 0 Å². The number of hydrogen-bond donors (Lipinski definition) is 1. The van der Waals surface area contributed by atoms with Crippen LogP contribution < -0.4 is 5.32 Å². The smallest absolute Gasteiger partial charge is 0.0406 e. The third kappa shape index (κ3) is 4.00. The summed E-state index contributed by atoms with van der Waals surface area (Å²) in [6.45, 7) is 5.38. The largest absolute Gasteiger partial charge is 0.384 e. The van der Waals surface area contributed by atoms with Crippen molar-refractivity contribution in [3.8, 4) is 0 Å². The van der Waals surface area contributed by atoms with Crippen LogP contribution in [0.25, 0.3) is 0 Å². The van der Waals surface area contributed by atoms with Gasteiger partial charge in [0.05, 0.1) is 0 Å². The average Bonchev–Trinajstić information content (AvgIpc) is 2.41. The molecule has 0 saturated heterocycles. The molecule has 1 N–H and O–H groups in total. The molecule has 0 aliphatic carbocycles. The maximum Gasteiger partial charge on any atom is 0.0406 e. The Balaban J connectivity index is 1.94. The van der Waals surface area contributed by atoms with Gasteiger partial charge >= 0.3 is 0 Å². The van der Waals surface area contributed by atoms with Crippen molar-refractivity contribution in [2.45, 2.75) is 26.2 Å². The number of anilines is 1. The zero-order chi connectivity index (χ0) is 13.7. The van der Waals surface area contributed by atoms with Crippen molar-refractivity contribution in [3.63, 3.8) is 0 Å². The molecule has 0 amide bonds. The first kappa shape index (κ1) is 14.0. The van der Waals surface area contributed by atoms with Gasteiger partial charge in [-0.25, -0.2) is 0 Å². The Morgan fingerprint density at radius 2 is 1.68 bits per heavy atom. The molecule has 0 fully saturated rings. The molecule has 19 heavy (non-hydrogen) atoms. The van der Waals surface area contributed by atoms with Gasteiger partial charge in [-0.15, -0.1) is 0 Å². The summed E-state index contributed by atoms with van der Waals surface area (Å²) in [7, 11) is 0. The van der Waals surface area contributed by atoms with Crippen molar-refractivity contribution >= 4 is 17.3 Å². The fraction of sp³-hybridized carbons (Fsp3) is 0.294. The van der Waals surface area contributed by atoms with Gasteiger partial charge in [0.2, 0.25) is 0 Å². The SMILES string of the molecule is CC(C)c1ccccc1NCCc1ccc(Cl)cc1. The summed E-state index contributed by atoms with van der Waals surface area (Å²) < 4.78 is 0. The molecule has 2 aromatic rings. The van der Waals surface area contributed by atoms with Crippen LogP contribution in [0.5, 0.6) is 0 Å². The fourth-order valence-electron chi connectivity index (χ4n) is 2.15. The molecular weight excluding hydrogens is 254 g/mol. The number of rotatable bonds is 5. The topological polar surface area (TPSA) is 12.0 Å². The maximum atomic E-state index is 5.88. The van der Waals surface area contributed by atoms with Crippen molar-refractivity contribution < 1.29 is 0 Å². The summed E-state index contributed by atoms with van der Waals surface area (Å²) in [5, 5.41) is 4.32. The van der Waals surface area contributed by atoms with Gasteiger partial charge < -0.3 is 5.32 Å². The van der Waals surface area contributed by atoms with Gasteiger partial charge in [0.15, 0.2) is 0 Å². The Morgan fingerprint density at radius 3 is 2.37 bits per heavy atom. The fourth-order valence-corrected chi connectivity index (χ4v) is 2.28. The minimum Gasteiger partial charge on any atom is -0.384 e. The zero-order valence-corrected chi connectivity index (χ0v) is 12.2. The molecule has 2 rings (SSSR count). The molecule has 100 valence electrons. The van der Waals surface area contributed by atoms with Gasteiger partial charge in [0, 0.05) is 17.3 Å². The second-order valence-corrected chi connectivity index (χ2v) is 5.48. The van der Waals surface area contributed by atoms with Gasteiger partial charge in [0.25, 0.3) is 0 Å². The Hall–Kier alpha value is -1.47. The van der Waals surface area contributed by atoms with Crippen molar-refractivity contribution in [1.82, 2.24) is 0 Å². The molecule has 0 spiro atoms. The van der Waals surface area contributed by atoms with Gasteiger partial charge in [-0.1, -0.05) is 55.8 Å². The number of para-hydroxylation sites is 1. The maximum absolute atomic E-state index is 5.88. The summed E-state index contributed by atoms with van der Waals surface area (Å²) in [5.41, 5.74) is 3.92. The summed E-state index contributed by atoms with van der Waals surface area (Å²) in [4.78, 5) is 0. The van der Waals surface area contributed by atoms with Gasteiger partial charge in [0.1, 0.15) is 0 Å². The van der Waals surface area contributed by atoms with Crippen molar-refractivity contribution in [3.05, 3.63) is 64.7 Å². The number of nitrogens with one attached hydrogen (secondary N) is 1. The highest BCUT2D eigenvalue weighted by Gasteiger charge is 2.04. The first-order chi connectivity index (χ1) is 9.16. The second-order valence-electron chi connectivity index (χ2n) is 5.05. The van der Waals surface area contributed by atoms with Crippen LogP contribution in [0.1, 0.15) is 30.9 Å². The van der Waals surface area contributed by atoms with E-state index in [1.54, 1.807) is 0 Å². The molecule has 0 radical (unpaired) electrons. The minimum absolute atomic E-state index is 0.541. The summed E-state index contributed by atoms with van der Waals surface area (Å²) in [6.07, 6.45) is 1.00. The molecule has 0 heterocycles. The van der Waals surface area contributed by atoms with E-state index < -0.39 is 0 Å². The van der Waals surface area contributed by atoms with Crippen molar-refractivity contribution in [1.29, 1.82) is 0 Å². The van der Waals surface area contributed by atoms with E-state index in [0.29, 0.717) is 5.92 Å². The summed E-state index contributed by atoms with van der Waals surface area (Å²) in [6, 6.07) is 16.6. The molecule has 2 heteroatoms. The molecule has 0 unspecified atom stereocenters. The molecule has 0 saturated carbocycles. The molecule has 0 aliphatic rings. The van der Waals surface area contributed by atoms with Crippen LogP contribution in [-0.2, 0) is 6.42 Å². The highest BCUT2D eigenvalue weighted by molar-refractivity contribution is 6.30. The van der Waals surface area contributed by atoms with E-state index in [0.717, 1.165) is 18.0 Å². The van der Waals surface area contributed by atoms with E-state index in [9.17, 15) is 0 Å². The quantitative estimate of drug-likeness (QED) is 0.797. The number of halogens is 1. The molecule has 0 bridgehead atoms. The summed E-state index contributed by atoms with van der Waals surface area (Å²) >= 11 is 5.88. The van der Waals surface area contributed by atoms with E-state index in [4.69, 9.17) is 11.6 Å². The van der Waals surface area contributed by atoms with Gasteiger partial charge in [-0.2, -0.15) is 0 Å². The Bertz CT molecular complexity index is 517. The molecule has 0 aliphatic heterocycles.